The van der Waals surface area contributed by atoms with E-state index in [1.54, 1.807) is 11.0 Å². The molecule has 0 radical (unpaired) electrons. The first kappa shape index (κ1) is 13.7. The second-order valence-corrected chi connectivity index (χ2v) is 6.01. The SMILES string of the molecule is Cc1cc(Br)cc2c1N(CCCCBr)C(=O)C2=O. The molecule has 1 aliphatic rings. The topological polar surface area (TPSA) is 37.4 Å². The van der Waals surface area contributed by atoms with Crippen molar-refractivity contribution in [2.75, 3.05) is 16.8 Å². The number of hydrogen-bond acceptors (Lipinski definition) is 2. The van der Waals surface area contributed by atoms with Gasteiger partial charge in [-0.2, -0.15) is 0 Å². The minimum Gasteiger partial charge on any atom is -0.304 e. The number of unbranched alkanes of at least 4 members (excludes halogenated alkanes) is 1. The second kappa shape index (κ2) is 5.53. The molecule has 0 aromatic heterocycles. The van der Waals surface area contributed by atoms with Gasteiger partial charge in [-0.25, -0.2) is 0 Å². The van der Waals surface area contributed by atoms with Gasteiger partial charge in [-0.05, 0) is 37.5 Å². The fourth-order valence-corrected chi connectivity index (χ4v) is 3.15. The predicted octanol–water partition coefficient (Wildman–Crippen LogP) is 3.46. The summed E-state index contributed by atoms with van der Waals surface area (Å²) in [4.78, 5) is 25.5. The van der Waals surface area contributed by atoms with Crippen LogP contribution >= 0.6 is 31.9 Å². The molecular weight excluding hydrogens is 362 g/mol. The summed E-state index contributed by atoms with van der Waals surface area (Å²) >= 11 is 6.72. The molecule has 1 heterocycles. The number of halogens is 2. The highest BCUT2D eigenvalue weighted by molar-refractivity contribution is 9.10. The summed E-state index contributed by atoms with van der Waals surface area (Å²) in [6, 6.07) is 3.66. The van der Waals surface area contributed by atoms with Gasteiger partial charge in [-0.15, -0.1) is 0 Å². The summed E-state index contributed by atoms with van der Waals surface area (Å²) in [6.07, 6.45) is 1.88. The largest absolute Gasteiger partial charge is 0.304 e. The van der Waals surface area contributed by atoms with Gasteiger partial charge in [0.2, 0.25) is 0 Å². The van der Waals surface area contributed by atoms with Crippen LogP contribution < -0.4 is 4.90 Å². The molecule has 1 amide bonds. The molecule has 0 fully saturated rings. The van der Waals surface area contributed by atoms with Gasteiger partial charge in [0.05, 0.1) is 11.3 Å². The molecule has 0 saturated heterocycles. The maximum absolute atomic E-state index is 12.0. The number of carbonyl (C=O) groups excluding carboxylic acids is 2. The molecule has 0 N–H and O–H groups in total. The first-order chi connectivity index (χ1) is 8.56. The molecule has 0 spiro atoms. The Balaban J connectivity index is 2.36. The van der Waals surface area contributed by atoms with Crippen LogP contribution in [0.5, 0.6) is 0 Å². The minimum absolute atomic E-state index is 0.395. The number of alkyl halides is 1. The number of benzene rings is 1. The summed E-state index contributed by atoms with van der Waals surface area (Å²) in [7, 11) is 0. The summed E-state index contributed by atoms with van der Waals surface area (Å²) in [5.41, 5.74) is 2.26. The van der Waals surface area contributed by atoms with Crippen LogP contribution in [-0.2, 0) is 4.79 Å². The Morgan fingerprint density at radius 3 is 2.61 bits per heavy atom. The van der Waals surface area contributed by atoms with Crippen molar-refractivity contribution in [3.05, 3.63) is 27.7 Å². The van der Waals surface area contributed by atoms with Crippen molar-refractivity contribution < 1.29 is 9.59 Å². The zero-order valence-corrected chi connectivity index (χ0v) is 13.2. The van der Waals surface area contributed by atoms with Gasteiger partial charge in [-0.3, -0.25) is 9.59 Å². The number of anilines is 1. The molecule has 1 aromatic rings. The zero-order valence-electron chi connectivity index (χ0n) is 10.0. The van der Waals surface area contributed by atoms with E-state index >= 15 is 0 Å². The maximum atomic E-state index is 12.0. The van der Waals surface area contributed by atoms with Crippen molar-refractivity contribution in [3.8, 4) is 0 Å². The monoisotopic (exact) mass is 373 g/mol. The van der Waals surface area contributed by atoms with Crippen molar-refractivity contribution in [2.24, 2.45) is 0 Å². The van der Waals surface area contributed by atoms with Gasteiger partial charge in [0.25, 0.3) is 11.7 Å². The maximum Gasteiger partial charge on any atom is 0.299 e. The van der Waals surface area contributed by atoms with Crippen molar-refractivity contribution >= 4 is 49.2 Å². The number of carbonyl (C=O) groups is 2. The Bertz CT molecular complexity index is 514. The number of Topliss-reactive ketones (excluding diaryl/α,β-unsaturated/α-hetero) is 1. The molecule has 1 aliphatic heterocycles. The third-order valence-electron chi connectivity index (χ3n) is 2.98. The van der Waals surface area contributed by atoms with Gasteiger partial charge in [0.1, 0.15) is 0 Å². The van der Waals surface area contributed by atoms with Crippen molar-refractivity contribution in [3.63, 3.8) is 0 Å². The van der Waals surface area contributed by atoms with Crippen LogP contribution in [0.1, 0.15) is 28.8 Å². The fourth-order valence-electron chi connectivity index (χ4n) is 2.18. The predicted molar refractivity (Wildman–Crippen MR) is 78.6 cm³/mol. The Morgan fingerprint density at radius 2 is 1.94 bits per heavy atom. The van der Waals surface area contributed by atoms with Crippen molar-refractivity contribution in [1.82, 2.24) is 0 Å². The lowest BCUT2D eigenvalue weighted by atomic mass is 10.1. The number of fused-ring (bicyclic) bond motifs is 1. The van der Waals surface area contributed by atoms with E-state index in [2.05, 4.69) is 31.9 Å². The minimum atomic E-state index is -0.402. The van der Waals surface area contributed by atoms with Crippen LogP contribution in [0.4, 0.5) is 5.69 Å². The van der Waals surface area contributed by atoms with Gasteiger partial charge in [0.15, 0.2) is 0 Å². The molecule has 5 heteroatoms. The number of rotatable bonds is 4. The molecular formula is C13H13Br2NO2. The molecule has 0 saturated carbocycles. The van der Waals surface area contributed by atoms with Gasteiger partial charge in [-0.1, -0.05) is 31.9 Å². The van der Waals surface area contributed by atoms with Crippen LogP contribution in [0.25, 0.3) is 0 Å². The van der Waals surface area contributed by atoms with E-state index in [1.165, 1.54) is 0 Å². The Kier molecular flexibility index (Phi) is 4.22. The van der Waals surface area contributed by atoms with Gasteiger partial charge >= 0.3 is 0 Å². The van der Waals surface area contributed by atoms with Crippen LogP contribution in [0.2, 0.25) is 0 Å². The normalized spacial score (nSPS) is 14.3. The van der Waals surface area contributed by atoms with E-state index in [9.17, 15) is 9.59 Å². The number of hydrogen-bond donors (Lipinski definition) is 0. The molecule has 2 rings (SSSR count). The highest BCUT2D eigenvalue weighted by atomic mass is 79.9. The van der Waals surface area contributed by atoms with Gasteiger partial charge < -0.3 is 4.90 Å². The van der Waals surface area contributed by atoms with Gasteiger partial charge in [0, 0.05) is 16.3 Å². The third kappa shape index (κ3) is 2.38. The number of aryl methyl sites for hydroxylation is 1. The first-order valence-electron chi connectivity index (χ1n) is 5.78. The third-order valence-corrected chi connectivity index (χ3v) is 4.00. The van der Waals surface area contributed by atoms with E-state index in [1.807, 2.05) is 13.0 Å². The summed E-state index contributed by atoms with van der Waals surface area (Å²) in [5, 5.41) is 0.912. The van der Waals surface area contributed by atoms with Crippen LogP contribution in [0.15, 0.2) is 16.6 Å². The van der Waals surface area contributed by atoms with E-state index in [4.69, 9.17) is 0 Å². The van der Waals surface area contributed by atoms with Crippen LogP contribution in [0.3, 0.4) is 0 Å². The Hall–Kier alpha value is -0.680. The molecule has 96 valence electrons. The highest BCUT2D eigenvalue weighted by Crippen LogP contribution is 2.35. The molecule has 0 bridgehead atoms. The van der Waals surface area contributed by atoms with E-state index < -0.39 is 11.7 Å². The first-order valence-corrected chi connectivity index (χ1v) is 7.70. The second-order valence-electron chi connectivity index (χ2n) is 4.30. The summed E-state index contributed by atoms with van der Waals surface area (Å²) in [6.45, 7) is 2.53. The highest BCUT2D eigenvalue weighted by Gasteiger charge is 2.36. The summed E-state index contributed by atoms with van der Waals surface area (Å²) < 4.78 is 0.835. The number of amides is 1. The standard InChI is InChI=1S/C13H13Br2NO2/c1-8-6-9(15)7-10-11(8)16(5-3-2-4-14)13(18)12(10)17/h6-7H,2-5H2,1H3. The zero-order chi connectivity index (χ0) is 13.3. The summed E-state index contributed by atoms with van der Waals surface area (Å²) in [5.74, 6) is -0.797. The van der Waals surface area contributed by atoms with Crippen LogP contribution in [-0.4, -0.2) is 23.6 Å². The molecule has 0 aliphatic carbocycles. The molecule has 18 heavy (non-hydrogen) atoms. The Labute approximate surface area is 123 Å². The smallest absolute Gasteiger partial charge is 0.299 e. The number of nitrogens with zero attached hydrogens (tertiary/aromatic N) is 1. The lowest BCUT2D eigenvalue weighted by molar-refractivity contribution is -0.114. The van der Waals surface area contributed by atoms with Crippen molar-refractivity contribution in [2.45, 2.75) is 19.8 Å². The lowest BCUT2D eigenvalue weighted by Gasteiger charge is -2.18. The van der Waals surface area contributed by atoms with E-state index in [-0.39, 0.29) is 0 Å². The quantitative estimate of drug-likeness (QED) is 0.459. The van der Waals surface area contributed by atoms with E-state index in [0.717, 1.165) is 33.9 Å². The fraction of sp³-hybridized carbons (Fsp3) is 0.385. The van der Waals surface area contributed by atoms with E-state index in [0.29, 0.717) is 12.1 Å². The number of ketones is 1. The van der Waals surface area contributed by atoms with Crippen LogP contribution in [0, 0.1) is 6.92 Å². The molecule has 0 unspecified atom stereocenters. The average molecular weight is 375 g/mol. The molecule has 1 aromatic carbocycles. The molecule has 3 nitrogen and oxygen atoms in total. The molecule has 0 atom stereocenters. The van der Waals surface area contributed by atoms with Crippen molar-refractivity contribution in [1.29, 1.82) is 0 Å². The average Bonchev–Trinajstić information content (AvgIpc) is 2.55. The lowest BCUT2D eigenvalue weighted by Crippen LogP contribution is -2.31. The Morgan fingerprint density at radius 1 is 1.22 bits per heavy atom.